The second-order valence-electron chi connectivity index (χ2n) is 6.72. The van der Waals surface area contributed by atoms with Crippen LogP contribution in [-0.2, 0) is 11.2 Å². The third kappa shape index (κ3) is 1.99. The number of anilines is 2. The zero-order valence-corrected chi connectivity index (χ0v) is 12.1. The molecule has 1 aromatic carbocycles. The predicted molar refractivity (Wildman–Crippen MR) is 82.1 cm³/mol. The normalized spacial score (nSPS) is 28.0. The molecule has 20 heavy (non-hydrogen) atoms. The van der Waals surface area contributed by atoms with Crippen molar-refractivity contribution < 1.29 is 4.74 Å². The Bertz CT molecular complexity index is 510. The van der Waals surface area contributed by atoms with E-state index in [2.05, 4.69) is 23.1 Å². The van der Waals surface area contributed by atoms with E-state index in [9.17, 15) is 0 Å². The maximum atomic E-state index is 6.08. The van der Waals surface area contributed by atoms with Gasteiger partial charge in [-0.25, -0.2) is 0 Å². The fourth-order valence-electron chi connectivity index (χ4n) is 4.21. The molecule has 2 N–H and O–H groups in total. The summed E-state index contributed by atoms with van der Waals surface area (Å²) in [7, 11) is 0. The first-order chi connectivity index (χ1) is 9.76. The number of rotatable bonds is 1. The number of aryl methyl sites for hydroxylation is 1. The van der Waals surface area contributed by atoms with Crippen molar-refractivity contribution in [2.75, 3.05) is 23.8 Å². The van der Waals surface area contributed by atoms with E-state index in [0.717, 1.165) is 12.3 Å². The standard InChI is InChI=1S/C17H24N2O/c18-14-4-5-16-13(11-14)3-1-9-19(16)15-6-10-20-17(12-15)7-2-8-17/h4-5,11,15H,1-3,6-10,12,18H2. The molecule has 1 spiro atoms. The van der Waals surface area contributed by atoms with Gasteiger partial charge in [-0.1, -0.05) is 0 Å². The largest absolute Gasteiger partial charge is 0.399 e. The first kappa shape index (κ1) is 12.5. The van der Waals surface area contributed by atoms with Gasteiger partial charge in [0.05, 0.1) is 5.60 Å². The average molecular weight is 272 g/mol. The maximum Gasteiger partial charge on any atom is 0.0702 e. The molecule has 3 nitrogen and oxygen atoms in total. The van der Waals surface area contributed by atoms with Gasteiger partial charge < -0.3 is 15.4 Å². The molecule has 4 rings (SSSR count). The highest BCUT2D eigenvalue weighted by atomic mass is 16.5. The van der Waals surface area contributed by atoms with Crippen molar-refractivity contribution in [2.45, 2.75) is 56.6 Å². The van der Waals surface area contributed by atoms with Crippen LogP contribution in [0, 0.1) is 0 Å². The minimum Gasteiger partial charge on any atom is -0.399 e. The number of fused-ring (bicyclic) bond motifs is 1. The Morgan fingerprint density at radius 3 is 2.95 bits per heavy atom. The quantitative estimate of drug-likeness (QED) is 0.798. The number of hydrogen-bond donors (Lipinski definition) is 1. The van der Waals surface area contributed by atoms with Gasteiger partial charge in [-0.2, -0.15) is 0 Å². The van der Waals surface area contributed by atoms with E-state index in [-0.39, 0.29) is 5.60 Å². The third-order valence-corrected chi connectivity index (χ3v) is 5.43. The molecule has 2 fully saturated rings. The number of nitrogen functional groups attached to an aromatic ring is 1. The molecule has 1 saturated heterocycles. The van der Waals surface area contributed by atoms with Gasteiger partial charge in [-0.15, -0.1) is 0 Å². The molecule has 1 aliphatic carbocycles. The van der Waals surface area contributed by atoms with E-state index in [0.29, 0.717) is 6.04 Å². The summed E-state index contributed by atoms with van der Waals surface area (Å²) in [6.07, 6.45) is 8.70. The van der Waals surface area contributed by atoms with Gasteiger partial charge in [0.25, 0.3) is 0 Å². The zero-order valence-electron chi connectivity index (χ0n) is 12.1. The molecule has 2 aliphatic heterocycles. The average Bonchev–Trinajstić information content (AvgIpc) is 2.45. The van der Waals surface area contributed by atoms with E-state index in [1.54, 1.807) is 0 Å². The van der Waals surface area contributed by atoms with Crippen LogP contribution in [0.1, 0.15) is 44.1 Å². The Balaban J connectivity index is 1.60. The van der Waals surface area contributed by atoms with Crippen molar-refractivity contribution >= 4 is 11.4 Å². The van der Waals surface area contributed by atoms with Crippen molar-refractivity contribution in [1.82, 2.24) is 0 Å². The molecule has 3 heteroatoms. The molecule has 1 atom stereocenters. The number of benzene rings is 1. The van der Waals surface area contributed by atoms with Crippen LogP contribution in [0.15, 0.2) is 18.2 Å². The highest BCUT2D eigenvalue weighted by Gasteiger charge is 2.44. The smallest absolute Gasteiger partial charge is 0.0702 e. The monoisotopic (exact) mass is 272 g/mol. The fraction of sp³-hybridized carbons (Fsp3) is 0.647. The van der Waals surface area contributed by atoms with E-state index < -0.39 is 0 Å². The molecule has 1 aromatic rings. The van der Waals surface area contributed by atoms with Crippen LogP contribution in [0.25, 0.3) is 0 Å². The summed E-state index contributed by atoms with van der Waals surface area (Å²) in [5.41, 5.74) is 9.93. The molecule has 2 heterocycles. The third-order valence-electron chi connectivity index (χ3n) is 5.43. The van der Waals surface area contributed by atoms with Crippen molar-refractivity contribution in [3.05, 3.63) is 23.8 Å². The number of nitrogens with zero attached hydrogens (tertiary/aromatic N) is 1. The number of ether oxygens (including phenoxy) is 1. The molecular weight excluding hydrogens is 248 g/mol. The summed E-state index contributed by atoms with van der Waals surface area (Å²) in [5.74, 6) is 0. The molecule has 0 amide bonds. The van der Waals surface area contributed by atoms with Crippen LogP contribution < -0.4 is 10.6 Å². The summed E-state index contributed by atoms with van der Waals surface area (Å²) < 4.78 is 6.08. The van der Waals surface area contributed by atoms with Crippen LogP contribution in [-0.4, -0.2) is 24.8 Å². The Hall–Kier alpha value is -1.22. The molecule has 3 aliphatic rings. The van der Waals surface area contributed by atoms with Crippen molar-refractivity contribution in [2.24, 2.45) is 0 Å². The van der Waals surface area contributed by atoms with Crippen LogP contribution in [0.5, 0.6) is 0 Å². The molecule has 0 radical (unpaired) electrons. The molecule has 108 valence electrons. The lowest BCUT2D eigenvalue weighted by atomic mass is 9.73. The Kier molecular flexibility index (Phi) is 2.92. The second kappa shape index (κ2) is 4.66. The summed E-state index contributed by atoms with van der Waals surface area (Å²) in [5, 5.41) is 0. The lowest BCUT2D eigenvalue weighted by Gasteiger charge is -2.51. The fourth-order valence-corrected chi connectivity index (χ4v) is 4.21. The molecule has 1 saturated carbocycles. The van der Waals surface area contributed by atoms with Gasteiger partial charge in [0, 0.05) is 30.6 Å². The van der Waals surface area contributed by atoms with Gasteiger partial charge in [0.15, 0.2) is 0 Å². The van der Waals surface area contributed by atoms with Crippen molar-refractivity contribution in [1.29, 1.82) is 0 Å². The lowest BCUT2D eigenvalue weighted by molar-refractivity contribution is -0.132. The number of nitrogens with two attached hydrogens (primary N) is 1. The molecule has 0 aromatic heterocycles. The highest BCUT2D eigenvalue weighted by Crippen LogP contribution is 2.45. The Morgan fingerprint density at radius 2 is 2.15 bits per heavy atom. The first-order valence-electron chi connectivity index (χ1n) is 8.05. The van der Waals surface area contributed by atoms with Crippen molar-refractivity contribution in [3.63, 3.8) is 0 Å². The van der Waals surface area contributed by atoms with Gasteiger partial charge in [-0.05, 0) is 68.7 Å². The Labute approximate surface area is 121 Å². The summed E-state index contributed by atoms with van der Waals surface area (Å²) in [6, 6.07) is 7.11. The topological polar surface area (TPSA) is 38.5 Å². The van der Waals surface area contributed by atoms with Gasteiger partial charge in [0.1, 0.15) is 0 Å². The van der Waals surface area contributed by atoms with E-state index in [1.165, 1.54) is 62.7 Å². The lowest BCUT2D eigenvalue weighted by Crippen LogP contribution is -2.53. The van der Waals surface area contributed by atoms with Crippen LogP contribution in [0.3, 0.4) is 0 Å². The first-order valence-corrected chi connectivity index (χ1v) is 8.05. The Morgan fingerprint density at radius 1 is 1.25 bits per heavy atom. The minimum absolute atomic E-state index is 0.230. The van der Waals surface area contributed by atoms with E-state index >= 15 is 0 Å². The molecule has 0 bridgehead atoms. The summed E-state index contributed by atoms with van der Waals surface area (Å²) in [6.45, 7) is 2.13. The van der Waals surface area contributed by atoms with Gasteiger partial charge >= 0.3 is 0 Å². The maximum absolute atomic E-state index is 6.08. The van der Waals surface area contributed by atoms with Crippen LogP contribution in [0.2, 0.25) is 0 Å². The second-order valence-corrected chi connectivity index (χ2v) is 6.72. The predicted octanol–water partition coefficient (Wildman–Crippen LogP) is 3.12. The SMILES string of the molecule is Nc1ccc2c(c1)CCCN2C1CCOC2(CCC2)C1. The summed E-state index contributed by atoms with van der Waals surface area (Å²) >= 11 is 0. The van der Waals surface area contributed by atoms with Crippen LogP contribution >= 0.6 is 0 Å². The molecular formula is C17H24N2O. The summed E-state index contributed by atoms with van der Waals surface area (Å²) in [4.78, 5) is 2.64. The van der Waals surface area contributed by atoms with Gasteiger partial charge in [-0.3, -0.25) is 0 Å². The van der Waals surface area contributed by atoms with E-state index in [4.69, 9.17) is 10.5 Å². The van der Waals surface area contributed by atoms with Gasteiger partial charge in [0.2, 0.25) is 0 Å². The number of hydrogen-bond acceptors (Lipinski definition) is 3. The highest BCUT2D eigenvalue weighted by molar-refractivity contribution is 5.61. The molecule has 1 unspecified atom stereocenters. The van der Waals surface area contributed by atoms with E-state index in [1.807, 2.05) is 0 Å². The minimum atomic E-state index is 0.230. The van der Waals surface area contributed by atoms with Crippen molar-refractivity contribution in [3.8, 4) is 0 Å². The van der Waals surface area contributed by atoms with Crippen LogP contribution in [0.4, 0.5) is 11.4 Å². The zero-order chi connectivity index (χ0) is 13.6.